The number of nitrogens with zero attached hydrogens (tertiary/aromatic N) is 2. The number of hydrogen-bond donors (Lipinski definition) is 3. The third-order valence-electron chi connectivity index (χ3n) is 5.91. The molecule has 1 aromatic carbocycles. The highest BCUT2D eigenvalue weighted by atomic mass is 16.5. The predicted octanol–water partition coefficient (Wildman–Crippen LogP) is 3.29. The molecular weight excluding hydrogens is 368 g/mol. The van der Waals surface area contributed by atoms with Gasteiger partial charge in [-0.1, -0.05) is 24.3 Å². The molecule has 0 saturated heterocycles. The summed E-state index contributed by atoms with van der Waals surface area (Å²) in [6.45, 7) is 3.53. The van der Waals surface area contributed by atoms with E-state index in [0.29, 0.717) is 23.3 Å². The molecule has 0 unspecified atom stereocenters. The Hall–Kier alpha value is -2.51. The van der Waals surface area contributed by atoms with Crippen molar-refractivity contribution < 1.29 is 9.84 Å². The van der Waals surface area contributed by atoms with Crippen molar-refractivity contribution in [3.8, 4) is 11.3 Å². The van der Waals surface area contributed by atoms with Gasteiger partial charge in [-0.05, 0) is 57.4 Å². The first-order chi connectivity index (χ1) is 13.8. The number of ether oxygens (including phenoxy) is 1. The van der Waals surface area contributed by atoms with Gasteiger partial charge >= 0.3 is 5.69 Å². The van der Waals surface area contributed by atoms with Crippen LogP contribution in [0.2, 0.25) is 0 Å². The third-order valence-corrected chi connectivity index (χ3v) is 5.91. The first kappa shape index (κ1) is 19.8. The molecule has 4 rings (SSSR count). The topological polar surface area (TPSA) is 104 Å². The van der Waals surface area contributed by atoms with Crippen LogP contribution in [0.5, 0.6) is 0 Å². The van der Waals surface area contributed by atoms with Crippen molar-refractivity contribution in [2.24, 2.45) is 5.92 Å². The molecule has 7 heteroatoms. The average Bonchev–Trinajstić information content (AvgIpc) is 3.06. The Labute approximate surface area is 169 Å². The van der Waals surface area contributed by atoms with Crippen molar-refractivity contribution in [3.63, 3.8) is 0 Å². The Kier molecular flexibility index (Phi) is 5.27. The molecule has 0 aliphatic heterocycles. The Morgan fingerprint density at radius 1 is 1.07 bits per heavy atom. The molecule has 3 aromatic rings. The van der Waals surface area contributed by atoms with Crippen LogP contribution < -0.4 is 5.69 Å². The molecule has 154 valence electrons. The largest absolute Gasteiger partial charge is 0.386 e. The number of imidazole rings is 1. The fourth-order valence-corrected chi connectivity index (χ4v) is 4.15. The number of methoxy groups -OCH3 is 1. The van der Waals surface area contributed by atoms with Crippen LogP contribution in [0.3, 0.4) is 0 Å². The van der Waals surface area contributed by atoms with E-state index in [1.54, 1.807) is 21.0 Å². The highest BCUT2D eigenvalue weighted by Crippen LogP contribution is 2.32. The molecule has 0 atom stereocenters. The van der Waals surface area contributed by atoms with Crippen LogP contribution in [-0.2, 0) is 16.8 Å². The fourth-order valence-electron chi connectivity index (χ4n) is 4.15. The van der Waals surface area contributed by atoms with Gasteiger partial charge in [0.15, 0.2) is 11.3 Å². The molecule has 0 bridgehead atoms. The van der Waals surface area contributed by atoms with E-state index in [9.17, 15) is 9.90 Å². The maximum Gasteiger partial charge on any atom is 0.326 e. The van der Waals surface area contributed by atoms with Crippen LogP contribution >= 0.6 is 0 Å². The van der Waals surface area contributed by atoms with Crippen LogP contribution in [0.25, 0.3) is 22.6 Å². The standard InChI is InChI=1S/C22H28N4O3/c1-22(2,28)15-8-6-14(7-9-15)18-17(12-13-4-10-16(29-3)11-5-13)23-19-20(24-18)26-21(27)25-19/h6-9,13,16,28H,4-5,10-12H2,1-3H3,(H2,23,24,25,26,27). The van der Waals surface area contributed by atoms with E-state index in [2.05, 4.69) is 9.97 Å². The van der Waals surface area contributed by atoms with E-state index in [-0.39, 0.29) is 5.69 Å². The molecule has 7 nitrogen and oxygen atoms in total. The van der Waals surface area contributed by atoms with Gasteiger partial charge in [-0.3, -0.25) is 9.97 Å². The van der Waals surface area contributed by atoms with Gasteiger partial charge in [0.2, 0.25) is 0 Å². The lowest BCUT2D eigenvalue weighted by atomic mass is 9.84. The molecule has 0 amide bonds. The van der Waals surface area contributed by atoms with E-state index in [4.69, 9.17) is 14.7 Å². The molecular formula is C22H28N4O3. The third kappa shape index (κ3) is 4.26. The van der Waals surface area contributed by atoms with Crippen molar-refractivity contribution >= 4 is 11.3 Å². The minimum Gasteiger partial charge on any atom is -0.386 e. The second-order valence-electron chi connectivity index (χ2n) is 8.51. The lowest BCUT2D eigenvalue weighted by Crippen LogP contribution is -2.22. The maximum absolute atomic E-state index is 11.7. The normalized spacial score (nSPS) is 20.3. The quantitative estimate of drug-likeness (QED) is 0.614. The minimum absolute atomic E-state index is 0.305. The summed E-state index contributed by atoms with van der Waals surface area (Å²) in [5.41, 5.74) is 3.19. The second-order valence-corrected chi connectivity index (χ2v) is 8.51. The zero-order valence-corrected chi connectivity index (χ0v) is 17.2. The number of fused-ring (bicyclic) bond motifs is 1. The van der Waals surface area contributed by atoms with Crippen LogP contribution in [0, 0.1) is 5.92 Å². The van der Waals surface area contributed by atoms with Crippen LogP contribution in [-0.4, -0.2) is 38.3 Å². The number of hydrogen-bond acceptors (Lipinski definition) is 5. The maximum atomic E-state index is 11.7. The molecule has 29 heavy (non-hydrogen) atoms. The number of aromatic nitrogens is 4. The molecule has 1 fully saturated rings. The monoisotopic (exact) mass is 396 g/mol. The summed E-state index contributed by atoms with van der Waals surface area (Å²) in [5, 5.41) is 10.2. The van der Waals surface area contributed by atoms with E-state index in [0.717, 1.165) is 54.6 Å². The number of aromatic amines is 2. The van der Waals surface area contributed by atoms with E-state index in [1.807, 2.05) is 24.3 Å². The van der Waals surface area contributed by atoms with Gasteiger partial charge in [0.25, 0.3) is 0 Å². The Morgan fingerprint density at radius 3 is 2.28 bits per heavy atom. The van der Waals surface area contributed by atoms with Gasteiger partial charge in [-0.25, -0.2) is 14.8 Å². The summed E-state index contributed by atoms with van der Waals surface area (Å²) in [5.74, 6) is 0.521. The van der Waals surface area contributed by atoms with E-state index in [1.165, 1.54) is 0 Å². The van der Waals surface area contributed by atoms with Crippen LogP contribution in [0.1, 0.15) is 50.8 Å². The highest BCUT2D eigenvalue weighted by Gasteiger charge is 2.24. The van der Waals surface area contributed by atoms with Gasteiger partial charge in [0.1, 0.15) is 0 Å². The van der Waals surface area contributed by atoms with E-state index < -0.39 is 5.60 Å². The number of H-pyrrole nitrogens is 2. The zero-order valence-electron chi connectivity index (χ0n) is 17.2. The predicted molar refractivity (Wildman–Crippen MR) is 112 cm³/mol. The lowest BCUT2D eigenvalue weighted by molar-refractivity contribution is 0.0567. The van der Waals surface area contributed by atoms with Gasteiger partial charge < -0.3 is 9.84 Å². The average molecular weight is 396 g/mol. The summed E-state index contributed by atoms with van der Waals surface area (Å²) >= 11 is 0. The zero-order chi connectivity index (χ0) is 20.6. The fraction of sp³-hybridized carbons (Fsp3) is 0.500. The number of nitrogens with one attached hydrogen (secondary N) is 2. The summed E-state index contributed by atoms with van der Waals surface area (Å²) in [6, 6.07) is 7.74. The van der Waals surface area contributed by atoms with E-state index >= 15 is 0 Å². The summed E-state index contributed by atoms with van der Waals surface area (Å²) in [6.07, 6.45) is 5.49. The van der Waals surface area contributed by atoms with Gasteiger partial charge in [0.05, 0.1) is 23.1 Å². The molecule has 0 spiro atoms. The van der Waals surface area contributed by atoms with Crippen molar-refractivity contribution in [2.45, 2.75) is 57.7 Å². The molecule has 2 aromatic heterocycles. The molecule has 3 N–H and O–H groups in total. The number of rotatable bonds is 5. The van der Waals surface area contributed by atoms with Crippen molar-refractivity contribution in [3.05, 3.63) is 46.0 Å². The highest BCUT2D eigenvalue weighted by molar-refractivity contribution is 5.72. The molecule has 1 aliphatic rings. The van der Waals surface area contributed by atoms with Crippen molar-refractivity contribution in [1.29, 1.82) is 0 Å². The summed E-state index contributed by atoms with van der Waals surface area (Å²) < 4.78 is 5.49. The molecule has 1 saturated carbocycles. The SMILES string of the molecule is COC1CCC(Cc2nc3[nH]c(=O)[nH]c3nc2-c2ccc(C(C)(C)O)cc2)CC1. The first-order valence-corrected chi connectivity index (χ1v) is 10.2. The van der Waals surface area contributed by atoms with Crippen LogP contribution in [0.15, 0.2) is 29.1 Å². The Bertz CT molecular complexity index is 1040. The lowest BCUT2D eigenvalue weighted by Gasteiger charge is -2.27. The summed E-state index contributed by atoms with van der Waals surface area (Å²) in [7, 11) is 1.78. The Morgan fingerprint density at radius 2 is 1.69 bits per heavy atom. The number of aliphatic hydroxyl groups is 1. The first-order valence-electron chi connectivity index (χ1n) is 10.2. The van der Waals surface area contributed by atoms with Crippen molar-refractivity contribution in [2.75, 3.05) is 7.11 Å². The molecule has 0 radical (unpaired) electrons. The minimum atomic E-state index is -0.900. The van der Waals surface area contributed by atoms with Crippen LogP contribution in [0.4, 0.5) is 0 Å². The molecule has 1 aliphatic carbocycles. The number of benzene rings is 1. The Balaban J connectivity index is 1.70. The van der Waals surface area contributed by atoms with Gasteiger partial charge in [-0.2, -0.15) is 0 Å². The van der Waals surface area contributed by atoms with Gasteiger partial charge in [0, 0.05) is 12.7 Å². The summed E-state index contributed by atoms with van der Waals surface area (Å²) in [4.78, 5) is 26.6. The smallest absolute Gasteiger partial charge is 0.326 e. The molecule has 2 heterocycles. The van der Waals surface area contributed by atoms with Crippen molar-refractivity contribution in [1.82, 2.24) is 19.9 Å². The second kappa shape index (κ2) is 7.72. The van der Waals surface area contributed by atoms with Gasteiger partial charge in [-0.15, -0.1) is 0 Å².